The van der Waals surface area contributed by atoms with Crippen LogP contribution >= 0.6 is 0 Å². The zero-order chi connectivity index (χ0) is 14.1. The van der Waals surface area contributed by atoms with Crippen LogP contribution in [0.3, 0.4) is 0 Å². The molecule has 3 atom stereocenters. The maximum atomic E-state index is 11.9. The molecule has 0 bridgehead atoms. The van der Waals surface area contributed by atoms with Gasteiger partial charge in [-0.3, -0.25) is 0 Å². The van der Waals surface area contributed by atoms with E-state index in [0.717, 1.165) is 12.8 Å². The molecule has 0 aromatic carbocycles. The molecule has 1 saturated heterocycles. The third-order valence-corrected chi connectivity index (χ3v) is 3.40. The SMILES string of the molecule is CCCCCC[C@H]1C[C@@H](OC)[C@H](OCOC)C(=O)O1. The molecule has 112 valence electrons. The van der Waals surface area contributed by atoms with Crippen molar-refractivity contribution >= 4 is 5.97 Å². The van der Waals surface area contributed by atoms with E-state index in [4.69, 9.17) is 18.9 Å². The molecule has 0 saturated carbocycles. The summed E-state index contributed by atoms with van der Waals surface area (Å²) in [5, 5.41) is 0. The summed E-state index contributed by atoms with van der Waals surface area (Å²) in [6, 6.07) is 0. The van der Waals surface area contributed by atoms with Gasteiger partial charge in [-0.15, -0.1) is 0 Å². The summed E-state index contributed by atoms with van der Waals surface area (Å²) < 4.78 is 20.9. The highest BCUT2D eigenvalue weighted by atomic mass is 16.7. The minimum absolute atomic E-state index is 0.0447. The molecule has 1 aliphatic rings. The molecule has 0 aromatic rings. The molecule has 1 fully saturated rings. The summed E-state index contributed by atoms with van der Waals surface area (Å²) in [4.78, 5) is 11.9. The molecule has 1 rings (SSSR count). The fourth-order valence-corrected chi connectivity index (χ4v) is 2.33. The van der Waals surface area contributed by atoms with E-state index in [1.165, 1.54) is 26.4 Å². The second-order valence-electron chi connectivity index (χ2n) is 4.91. The average molecular weight is 274 g/mol. The van der Waals surface area contributed by atoms with Crippen molar-refractivity contribution in [2.45, 2.75) is 63.8 Å². The van der Waals surface area contributed by atoms with Crippen LogP contribution in [0.15, 0.2) is 0 Å². The Morgan fingerprint density at radius 2 is 2.05 bits per heavy atom. The summed E-state index contributed by atoms with van der Waals surface area (Å²) in [6.07, 6.45) is 5.36. The Kier molecular flexibility index (Phi) is 8.02. The van der Waals surface area contributed by atoms with Crippen LogP contribution in [-0.2, 0) is 23.7 Å². The van der Waals surface area contributed by atoms with E-state index in [1.54, 1.807) is 7.11 Å². The highest BCUT2D eigenvalue weighted by Gasteiger charge is 2.39. The number of carbonyl (C=O) groups excluding carboxylic acids is 1. The van der Waals surface area contributed by atoms with E-state index in [9.17, 15) is 4.79 Å². The van der Waals surface area contributed by atoms with E-state index in [-0.39, 0.29) is 25.0 Å². The Morgan fingerprint density at radius 1 is 1.26 bits per heavy atom. The van der Waals surface area contributed by atoms with Gasteiger partial charge in [0.15, 0.2) is 6.10 Å². The number of methoxy groups -OCH3 is 2. The average Bonchev–Trinajstić information content (AvgIpc) is 2.42. The monoisotopic (exact) mass is 274 g/mol. The van der Waals surface area contributed by atoms with Gasteiger partial charge < -0.3 is 18.9 Å². The second kappa shape index (κ2) is 9.28. The number of cyclic esters (lactones) is 1. The van der Waals surface area contributed by atoms with E-state index in [0.29, 0.717) is 6.42 Å². The third kappa shape index (κ3) is 5.47. The topological polar surface area (TPSA) is 54.0 Å². The molecule has 0 radical (unpaired) electrons. The van der Waals surface area contributed by atoms with Gasteiger partial charge in [-0.05, 0) is 12.8 Å². The van der Waals surface area contributed by atoms with Crippen molar-refractivity contribution in [1.82, 2.24) is 0 Å². The van der Waals surface area contributed by atoms with Crippen LogP contribution in [0.4, 0.5) is 0 Å². The van der Waals surface area contributed by atoms with Crippen LogP contribution in [0, 0.1) is 0 Å². The minimum atomic E-state index is -0.670. The van der Waals surface area contributed by atoms with Gasteiger partial charge in [0.05, 0.1) is 6.10 Å². The molecule has 0 spiro atoms. The predicted molar refractivity (Wildman–Crippen MR) is 70.8 cm³/mol. The van der Waals surface area contributed by atoms with Crippen molar-refractivity contribution in [2.24, 2.45) is 0 Å². The van der Waals surface area contributed by atoms with Gasteiger partial charge in [-0.2, -0.15) is 0 Å². The molecule has 0 N–H and O–H groups in total. The molecule has 5 nitrogen and oxygen atoms in total. The predicted octanol–water partition coefficient (Wildman–Crippen LogP) is 2.28. The number of rotatable bonds is 9. The van der Waals surface area contributed by atoms with E-state index in [1.807, 2.05) is 0 Å². The highest BCUT2D eigenvalue weighted by molar-refractivity contribution is 5.76. The molecule has 0 aromatic heterocycles. The maximum absolute atomic E-state index is 11.9. The van der Waals surface area contributed by atoms with Crippen molar-refractivity contribution in [3.05, 3.63) is 0 Å². The zero-order valence-electron chi connectivity index (χ0n) is 12.2. The summed E-state index contributed by atoms with van der Waals surface area (Å²) in [5.74, 6) is -0.337. The number of esters is 1. The molecule has 5 heteroatoms. The Hall–Kier alpha value is -0.650. The first-order valence-corrected chi connectivity index (χ1v) is 7.06. The van der Waals surface area contributed by atoms with Crippen LogP contribution in [0.25, 0.3) is 0 Å². The summed E-state index contributed by atoms with van der Waals surface area (Å²) in [5.41, 5.74) is 0. The lowest BCUT2D eigenvalue weighted by atomic mass is 9.98. The fourth-order valence-electron chi connectivity index (χ4n) is 2.33. The van der Waals surface area contributed by atoms with Gasteiger partial charge in [0.2, 0.25) is 0 Å². The first-order chi connectivity index (χ1) is 9.22. The quantitative estimate of drug-likeness (QED) is 0.367. The van der Waals surface area contributed by atoms with Crippen molar-refractivity contribution in [1.29, 1.82) is 0 Å². The van der Waals surface area contributed by atoms with Gasteiger partial charge in [-0.25, -0.2) is 4.79 Å². The lowest BCUT2D eigenvalue weighted by molar-refractivity contribution is -0.201. The molecular weight excluding hydrogens is 248 g/mol. The normalized spacial score (nSPS) is 27.3. The number of unbranched alkanes of at least 4 members (excludes halogenated alkanes) is 3. The van der Waals surface area contributed by atoms with Gasteiger partial charge >= 0.3 is 5.97 Å². The van der Waals surface area contributed by atoms with Crippen molar-refractivity contribution in [3.8, 4) is 0 Å². The van der Waals surface area contributed by atoms with Gasteiger partial charge in [0.1, 0.15) is 12.9 Å². The highest BCUT2D eigenvalue weighted by Crippen LogP contribution is 2.24. The maximum Gasteiger partial charge on any atom is 0.338 e. The Morgan fingerprint density at radius 3 is 2.68 bits per heavy atom. The largest absolute Gasteiger partial charge is 0.460 e. The van der Waals surface area contributed by atoms with Crippen LogP contribution in [-0.4, -0.2) is 45.3 Å². The van der Waals surface area contributed by atoms with Crippen molar-refractivity contribution in [2.75, 3.05) is 21.0 Å². The lowest BCUT2D eigenvalue weighted by Crippen LogP contribution is -2.48. The molecular formula is C14H26O5. The Balaban J connectivity index is 2.39. The Bertz CT molecular complexity index is 256. The summed E-state index contributed by atoms with van der Waals surface area (Å²) >= 11 is 0. The smallest absolute Gasteiger partial charge is 0.338 e. The Labute approximate surface area is 115 Å². The van der Waals surface area contributed by atoms with Crippen LogP contribution in [0.5, 0.6) is 0 Å². The van der Waals surface area contributed by atoms with E-state index >= 15 is 0 Å². The van der Waals surface area contributed by atoms with Crippen LogP contribution in [0.1, 0.15) is 45.4 Å². The standard InChI is InChI=1S/C14H26O5/c1-4-5-6-7-8-11-9-12(17-3)13(14(15)19-11)18-10-16-2/h11-13H,4-10H2,1-3H3/t11-,12+,13-/m0/s1. The van der Waals surface area contributed by atoms with Gasteiger partial charge in [-0.1, -0.05) is 26.2 Å². The lowest BCUT2D eigenvalue weighted by Gasteiger charge is -2.33. The molecule has 0 amide bonds. The summed E-state index contributed by atoms with van der Waals surface area (Å²) in [6.45, 7) is 2.25. The molecule has 0 aliphatic carbocycles. The van der Waals surface area contributed by atoms with E-state index in [2.05, 4.69) is 6.92 Å². The van der Waals surface area contributed by atoms with Crippen LogP contribution in [0.2, 0.25) is 0 Å². The number of hydrogen-bond acceptors (Lipinski definition) is 5. The number of hydrogen-bond donors (Lipinski definition) is 0. The van der Waals surface area contributed by atoms with Crippen LogP contribution < -0.4 is 0 Å². The first kappa shape index (κ1) is 16.4. The third-order valence-electron chi connectivity index (χ3n) is 3.40. The van der Waals surface area contributed by atoms with Gasteiger partial charge in [0, 0.05) is 20.6 Å². The second-order valence-corrected chi connectivity index (χ2v) is 4.91. The van der Waals surface area contributed by atoms with Gasteiger partial charge in [0.25, 0.3) is 0 Å². The van der Waals surface area contributed by atoms with Crippen molar-refractivity contribution < 1.29 is 23.7 Å². The zero-order valence-corrected chi connectivity index (χ0v) is 12.2. The van der Waals surface area contributed by atoms with E-state index < -0.39 is 6.10 Å². The molecule has 1 aliphatic heterocycles. The number of carbonyl (C=O) groups is 1. The molecule has 19 heavy (non-hydrogen) atoms. The molecule has 0 unspecified atom stereocenters. The minimum Gasteiger partial charge on any atom is -0.460 e. The first-order valence-electron chi connectivity index (χ1n) is 7.06. The molecule has 1 heterocycles. The summed E-state index contributed by atoms with van der Waals surface area (Å²) in [7, 11) is 3.12. The van der Waals surface area contributed by atoms with Crippen molar-refractivity contribution in [3.63, 3.8) is 0 Å². The number of ether oxygens (including phenoxy) is 4. The fraction of sp³-hybridized carbons (Fsp3) is 0.929.